The second-order valence-corrected chi connectivity index (χ2v) is 8.78. The summed E-state index contributed by atoms with van der Waals surface area (Å²) in [7, 11) is 0. The van der Waals surface area contributed by atoms with Crippen LogP contribution in [0.3, 0.4) is 0 Å². The molecule has 0 unspecified atom stereocenters. The Morgan fingerprint density at radius 3 is 2.93 bits per heavy atom. The van der Waals surface area contributed by atoms with Crippen molar-refractivity contribution in [1.82, 2.24) is 9.80 Å². The normalized spacial score (nSPS) is 21.2. The average Bonchev–Trinajstić information content (AvgIpc) is 3.35. The van der Waals surface area contributed by atoms with E-state index in [-0.39, 0.29) is 0 Å². The Morgan fingerprint density at radius 2 is 2.04 bits per heavy atom. The number of thioether (sulfide) groups is 1. The van der Waals surface area contributed by atoms with Crippen LogP contribution in [0.15, 0.2) is 68.9 Å². The maximum atomic E-state index is 6.71. The van der Waals surface area contributed by atoms with Gasteiger partial charge >= 0.3 is 0 Å². The molecule has 1 aromatic heterocycles. The molecule has 0 amide bonds. The van der Waals surface area contributed by atoms with Gasteiger partial charge in [-0.15, -0.1) is 11.8 Å². The molecule has 0 aliphatic carbocycles. The second-order valence-electron chi connectivity index (χ2n) is 7.39. The van der Waals surface area contributed by atoms with Crippen molar-refractivity contribution >= 4 is 34.3 Å². The molecule has 0 saturated carbocycles. The predicted molar refractivity (Wildman–Crippen MR) is 114 cm³/mol. The number of benzene rings is 1. The van der Waals surface area contributed by atoms with Gasteiger partial charge in [-0.1, -0.05) is 35.9 Å². The van der Waals surface area contributed by atoms with E-state index >= 15 is 0 Å². The Balaban J connectivity index is 1.18. The summed E-state index contributed by atoms with van der Waals surface area (Å²) in [6.07, 6.45) is 11.9. The molecule has 4 heterocycles. The van der Waals surface area contributed by atoms with E-state index in [4.69, 9.17) is 16.0 Å². The molecule has 3 nitrogen and oxygen atoms in total. The molecule has 0 N–H and O–H groups in total. The number of halogens is 1. The lowest BCUT2D eigenvalue weighted by molar-refractivity contribution is 0.163. The van der Waals surface area contributed by atoms with Crippen LogP contribution in [-0.4, -0.2) is 41.2 Å². The van der Waals surface area contributed by atoms with Crippen LogP contribution in [0, 0.1) is 0 Å². The van der Waals surface area contributed by atoms with Crippen LogP contribution < -0.4 is 0 Å². The number of fused-ring (bicyclic) bond motifs is 2. The number of rotatable bonds is 4. The van der Waals surface area contributed by atoms with Crippen LogP contribution in [0.25, 0.3) is 11.0 Å². The molecule has 5 rings (SSSR count). The largest absolute Gasteiger partial charge is 0.464 e. The third-order valence-corrected chi connectivity index (χ3v) is 7.38. The molecule has 140 valence electrons. The van der Waals surface area contributed by atoms with Crippen molar-refractivity contribution in [3.05, 3.63) is 70.1 Å². The van der Waals surface area contributed by atoms with Crippen molar-refractivity contribution in [2.75, 3.05) is 25.4 Å². The quantitative estimate of drug-likeness (QED) is 0.646. The molecular formula is C22H23ClN2OS. The highest BCUT2D eigenvalue weighted by atomic mass is 35.5. The Morgan fingerprint density at radius 1 is 1.19 bits per heavy atom. The summed E-state index contributed by atoms with van der Waals surface area (Å²) in [5.41, 5.74) is 3.60. The molecule has 1 aromatic carbocycles. The molecule has 0 spiro atoms. The second kappa shape index (κ2) is 7.42. The van der Waals surface area contributed by atoms with Crippen molar-refractivity contribution in [1.29, 1.82) is 0 Å². The van der Waals surface area contributed by atoms with Gasteiger partial charge in [0.15, 0.2) is 0 Å². The lowest BCUT2D eigenvalue weighted by atomic mass is 10.0. The van der Waals surface area contributed by atoms with Gasteiger partial charge in [0.05, 0.1) is 11.2 Å². The van der Waals surface area contributed by atoms with Crippen LogP contribution >= 0.6 is 23.4 Å². The van der Waals surface area contributed by atoms with Crippen molar-refractivity contribution in [2.45, 2.75) is 25.3 Å². The number of nitrogens with zero attached hydrogens (tertiary/aromatic N) is 2. The van der Waals surface area contributed by atoms with E-state index in [1.165, 1.54) is 21.4 Å². The van der Waals surface area contributed by atoms with Crippen LogP contribution in [0.4, 0.5) is 0 Å². The fraction of sp³-hybridized carbons (Fsp3) is 0.364. The van der Waals surface area contributed by atoms with Crippen LogP contribution in [0.1, 0.15) is 18.4 Å². The zero-order valence-electron chi connectivity index (χ0n) is 15.2. The van der Waals surface area contributed by atoms with Gasteiger partial charge in [-0.2, -0.15) is 0 Å². The fourth-order valence-corrected chi connectivity index (χ4v) is 5.70. The van der Waals surface area contributed by atoms with E-state index in [0.29, 0.717) is 6.04 Å². The Labute approximate surface area is 169 Å². The summed E-state index contributed by atoms with van der Waals surface area (Å²) in [4.78, 5) is 6.13. The van der Waals surface area contributed by atoms with Gasteiger partial charge < -0.3 is 14.2 Å². The van der Waals surface area contributed by atoms with Crippen molar-refractivity contribution in [3.63, 3.8) is 0 Å². The van der Waals surface area contributed by atoms with Gasteiger partial charge in [-0.05, 0) is 42.5 Å². The molecule has 1 fully saturated rings. The van der Waals surface area contributed by atoms with Crippen molar-refractivity contribution < 1.29 is 4.42 Å². The molecule has 3 aliphatic heterocycles. The predicted octanol–water partition coefficient (Wildman–Crippen LogP) is 5.35. The number of piperidine rings is 1. The molecule has 0 bridgehead atoms. The first-order valence-electron chi connectivity index (χ1n) is 9.67. The molecule has 5 heteroatoms. The third kappa shape index (κ3) is 3.35. The van der Waals surface area contributed by atoms with E-state index < -0.39 is 0 Å². The maximum Gasteiger partial charge on any atom is 0.134 e. The maximum absolute atomic E-state index is 6.71. The summed E-state index contributed by atoms with van der Waals surface area (Å²) in [5, 5.41) is 2.18. The highest BCUT2D eigenvalue weighted by Crippen LogP contribution is 2.41. The first kappa shape index (κ1) is 17.5. The molecule has 1 saturated heterocycles. The summed E-state index contributed by atoms with van der Waals surface area (Å²) in [5.74, 6) is 1.04. The summed E-state index contributed by atoms with van der Waals surface area (Å²) < 4.78 is 5.67. The van der Waals surface area contributed by atoms with Crippen molar-refractivity contribution in [2.24, 2.45) is 0 Å². The number of hydrogen-bond acceptors (Lipinski definition) is 4. The van der Waals surface area contributed by atoms with E-state index in [0.717, 1.165) is 55.4 Å². The van der Waals surface area contributed by atoms with Crippen LogP contribution in [0.5, 0.6) is 0 Å². The van der Waals surface area contributed by atoms with Crippen molar-refractivity contribution in [3.8, 4) is 0 Å². The van der Waals surface area contributed by atoms with Crippen LogP contribution in [-0.2, 0) is 6.42 Å². The zero-order chi connectivity index (χ0) is 18.2. The number of allylic oxidation sites excluding steroid dienone is 2. The first-order chi connectivity index (χ1) is 13.3. The monoisotopic (exact) mass is 398 g/mol. The lowest BCUT2D eigenvalue weighted by Gasteiger charge is -2.39. The van der Waals surface area contributed by atoms with Crippen LogP contribution in [0.2, 0.25) is 0 Å². The minimum Gasteiger partial charge on any atom is -0.464 e. The van der Waals surface area contributed by atoms with Gasteiger partial charge in [-0.3, -0.25) is 0 Å². The number of furan rings is 1. The summed E-state index contributed by atoms with van der Waals surface area (Å²) >= 11 is 8.56. The molecular weight excluding hydrogens is 376 g/mol. The zero-order valence-corrected chi connectivity index (χ0v) is 16.8. The Kier molecular flexibility index (Phi) is 4.80. The Hall–Kier alpha value is -1.62. The number of hydrogen-bond donors (Lipinski definition) is 0. The molecule has 0 radical (unpaired) electrons. The smallest absolute Gasteiger partial charge is 0.134 e. The number of para-hydroxylation sites is 1. The third-order valence-electron chi connectivity index (χ3n) is 5.83. The van der Waals surface area contributed by atoms with Gasteiger partial charge in [-0.25, -0.2) is 0 Å². The van der Waals surface area contributed by atoms with Gasteiger partial charge in [0, 0.05) is 43.0 Å². The minimum atomic E-state index is 0.509. The first-order valence-corrected chi connectivity index (χ1v) is 11.0. The fourth-order valence-electron chi connectivity index (χ4n) is 4.26. The highest BCUT2D eigenvalue weighted by molar-refractivity contribution is 8.03. The highest BCUT2D eigenvalue weighted by Gasteiger charge is 2.29. The Bertz CT molecular complexity index is 937. The lowest BCUT2D eigenvalue weighted by Crippen LogP contribution is -2.43. The summed E-state index contributed by atoms with van der Waals surface area (Å²) in [6.45, 7) is 3.34. The van der Waals surface area contributed by atoms with E-state index in [1.807, 2.05) is 30.2 Å². The minimum absolute atomic E-state index is 0.509. The van der Waals surface area contributed by atoms with Gasteiger partial charge in [0.2, 0.25) is 0 Å². The van der Waals surface area contributed by atoms with E-state index in [2.05, 4.69) is 40.3 Å². The van der Waals surface area contributed by atoms with E-state index in [1.54, 1.807) is 0 Å². The number of likely N-dealkylation sites (tertiary alicyclic amines) is 1. The SMILES string of the molecule is ClC1=C2SCC=C2C=CN1C1CCN(CCc2coc3ccccc23)CC1. The standard InChI is InChI=1S/C22H23ClN2OS/c23-22-21-16(9-14-27-21)6-13-25(22)18-7-11-24(12-8-18)10-5-17-15-26-20-4-2-1-3-19(17)20/h1-4,6,9,13,15,18H,5,7-8,10-12,14H2. The van der Waals surface area contributed by atoms with E-state index in [9.17, 15) is 0 Å². The average molecular weight is 399 g/mol. The molecule has 3 aliphatic rings. The molecule has 27 heavy (non-hydrogen) atoms. The molecule has 2 aromatic rings. The summed E-state index contributed by atoms with van der Waals surface area (Å²) in [6, 6.07) is 8.81. The topological polar surface area (TPSA) is 19.6 Å². The molecule has 0 atom stereocenters. The van der Waals surface area contributed by atoms with Gasteiger partial charge in [0.25, 0.3) is 0 Å². The van der Waals surface area contributed by atoms with Gasteiger partial charge in [0.1, 0.15) is 10.7 Å².